The predicted molar refractivity (Wildman–Crippen MR) is 244 cm³/mol. The molecule has 0 atom stereocenters. The van der Waals surface area contributed by atoms with Gasteiger partial charge in [-0.05, 0) is 99.8 Å². The average Bonchev–Trinajstić information content (AvgIpc) is 1.52. The summed E-state index contributed by atoms with van der Waals surface area (Å²) >= 11 is 0.781. The van der Waals surface area contributed by atoms with Crippen molar-refractivity contribution in [1.29, 1.82) is 0 Å². The first-order chi connectivity index (χ1) is 40.4. The molecule has 0 radical (unpaired) electrons. The Kier molecular flexibility index (Phi) is 3.27. The van der Waals surface area contributed by atoms with Crippen molar-refractivity contribution >= 4 is 75.1 Å². The van der Waals surface area contributed by atoms with Crippen molar-refractivity contribution in [2.75, 3.05) is 0 Å². The van der Waals surface area contributed by atoms with Gasteiger partial charge in [-0.25, -0.2) is 0 Å². The van der Waals surface area contributed by atoms with Crippen LogP contribution in [0.3, 0.4) is 0 Å². The van der Waals surface area contributed by atoms with E-state index in [4.69, 9.17) is 17.8 Å². The van der Waals surface area contributed by atoms with Crippen LogP contribution in [0.15, 0.2) is 206 Å². The standard InChI is InChI=1S/C54H34N2S/c1-3-12-35(13-4-1)37-16-11-17-41(30-37)55-49-20-9-7-18-43(49)47-31-38(23-28-51(47)55)39-24-29-52-48(32-39)44-19-8-10-21-50(44)56(52)42-25-27-46-45-26-22-40(36-14-5-2-6-15-36)33-53(45)57-54(46)34-42/h1-34H/i1D,3D,4D,7D,8D,9D,10D,11D,12D,13D,16D,17D,18D,19D,20D,21D,22D,23D,24D,25D,26D,27D,28D,29D,30D,31D,32D,33D,34D. The molecule has 9 aromatic carbocycles. The maximum atomic E-state index is 10.0. The lowest BCUT2D eigenvalue weighted by Gasteiger charge is -2.11. The van der Waals surface area contributed by atoms with Crippen LogP contribution in [-0.2, 0) is 0 Å². The van der Waals surface area contributed by atoms with Crippen molar-refractivity contribution in [3.8, 4) is 44.8 Å². The number of hydrogen-bond acceptors (Lipinski definition) is 1. The Hall–Kier alpha value is -7.20. The summed E-state index contributed by atoms with van der Waals surface area (Å²) in [7, 11) is 0. The van der Waals surface area contributed by atoms with Crippen LogP contribution in [0.1, 0.15) is 39.8 Å². The number of rotatable bonds is 5. The van der Waals surface area contributed by atoms with E-state index in [-0.39, 0.29) is 37.8 Å². The average molecular weight is 772 g/mol. The van der Waals surface area contributed by atoms with Crippen LogP contribution in [0.5, 0.6) is 0 Å². The van der Waals surface area contributed by atoms with Crippen molar-refractivity contribution < 1.29 is 39.8 Å². The van der Waals surface area contributed by atoms with Gasteiger partial charge in [-0.2, -0.15) is 0 Å². The van der Waals surface area contributed by atoms with Gasteiger partial charge in [-0.1, -0.05) is 139 Å². The number of nitrogens with zero attached hydrogens (tertiary/aromatic N) is 2. The fourth-order valence-electron chi connectivity index (χ4n) is 6.91. The highest BCUT2D eigenvalue weighted by Gasteiger charge is 2.17. The van der Waals surface area contributed by atoms with Gasteiger partial charge in [0.05, 0.1) is 61.8 Å². The molecule has 12 rings (SSSR count). The van der Waals surface area contributed by atoms with E-state index in [1.807, 2.05) is 0 Å². The molecule has 0 fully saturated rings. The molecule has 0 amide bonds. The topological polar surface area (TPSA) is 9.86 Å². The van der Waals surface area contributed by atoms with Crippen LogP contribution >= 0.6 is 11.3 Å². The van der Waals surface area contributed by atoms with Crippen LogP contribution in [0.4, 0.5) is 0 Å². The van der Waals surface area contributed by atoms with E-state index in [1.54, 1.807) is 30.3 Å². The molecule has 266 valence electrons. The minimum Gasteiger partial charge on any atom is -0.309 e. The molecule has 3 heteroatoms. The zero-order valence-corrected chi connectivity index (χ0v) is 29.5. The van der Waals surface area contributed by atoms with E-state index in [1.165, 1.54) is 0 Å². The molecule has 2 nitrogen and oxygen atoms in total. The third kappa shape index (κ3) is 5.10. The first kappa shape index (κ1) is 14.7. The molecule has 0 spiro atoms. The van der Waals surface area contributed by atoms with Crippen molar-refractivity contribution in [3.63, 3.8) is 0 Å². The molecule has 57 heavy (non-hydrogen) atoms. The minimum atomic E-state index is -1.06. The second kappa shape index (κ2) is 12.7. The monoisotopic (exact) mass is 771 g/mol. The summed E-state index contributed by atoms with van der Waals surface area (Å²) in [6, 6.07) is -16.4. The third-order valence-corrected chi connectivity index (χ3v) is 10.5. The smallest absolute Gasteiger partial charge is 0.0660 e. The van der Waals surface area contributed by atoms with Crippen LogP contribution in [0.25, 0.3) is 109 Å². The lowest BCUT2D eigenvalue weighted by atomic mass is 10.0. The van der Waals surface area contributed by atoms with Gasteiger partial charge in [0.2, 0.25) is 0 Å². The molecule has 0 aliphatic heterocycles. The maximum absolute atomic E-state index is 10.0. The lowest BCUT2D eigenvalue weighted by Crippen LogP contribution is -1.94. The summed E-state index contributed by atoms with van der Waals surface area (Å²) in [6.07, 6.45) is 0. The van der Waals surface area contributed by atoms with Gasteiger partial charge in [0.15, 0.2) is 0 Å². The summed E-state index contributed by atoms with van der Waals surface area (Å²) in [4.78, 5) is 0. The van der Waals surface area contributed by atoms with Crippen molar-refractivity contribution in [1.82, 2.24) is 9.13 Å². The van der Waals surface area contributed by atoms with Crippen LogP contribution in [0.2, 0.25) is 0 Å². The second-order valence-corrected chi connectivity index (χ2v) is 13.7. The SMILES string of the molecule is [2H]c1c([2H])c([2H])c(-c2c([2H])c([2H])c([2H])c(-n3c4c([2H])c([2H])c([2H])c([2H])c4c4c([2H])c(-c5c([2H])c([2H])c6c(c5[2H])c5c([2H])c([2H])c([2H])c([2H])c5n6-c5c([2H])c([2H])c6c(sc7c([2H])c(-c8ccccc8)c([2H])c([2H])c76)c5[2H])c([2H])c([2H])c43)c2[2H])c([2H])c1[2H]. The van der Waals surface area contributed by atoms with E-state index in [0.717, 1.165) is 15.9 Å². The largest absolute Gasteiger partial charge is 0.309 e. The molecular weight excluding hydrogens is 709 g/mol. The first-order valence-electron chi connectivity index (χ1n) is 31.7. The quantitative estimate of drug-likeness (QED) is 0.165. The number of para-hydroxylation sites is 2. The molecule has 0 aliphatic rings. The molecule has 3 aromatic heterocycles. The van der Waals surface area contributed by atoms with Gasteiger partial charge in [0, 0.05) is 53.1 Å². The minimum absolute atomic E-state index is 0.0716. The highest BCUT2D eigenvalue weighted by atomic mass is 32.1. The Balaban J connectivity index is 1.22. The summed E-state index contributed by atoms with van der Waals surface area (Å²) < 4.78 is 267. The molecule has 0 saturated heterocycles. The van der Waals surface area contributed by atoms with E-state index in [2.05, 4.69) is 0 Å². The van der Waals surface area contributed by atoms with Crippen molar-refractivity contribution in [2.45, 2.75) is 0 Å². The Morgan fingerprint density at radius 2 is 0.825 bits per heavy atom. The molecule has 12 aromatic rings. The van der Waals surface area contributed by atoms with Gasteiger partial charge < -0.3 is 9.13 Å². The van der Waals surface area contributed by atoms with Crippen LogP contribution in [0, 0.1) is 0 Å². The fourth-order valence-corrected chi connectivity index (χ4v) is 7.92. The molecular formula is C54H34N2S. The van der Waals surface area contributed by atoms with Crippen LogP contribution < -0.4 is 0 Å². The highest BCUT2D eigenvalue weighted by molar-refractivity contribution is 7.25. The lowest BCUT2D eigenvalue weighted by molar-refractivity contribution is 1.18. The number of hydrogen-bond donors (Lipinski definition) is 0. The van der Waals surface area contributed by atoms with Gasteiger partial charge in [0.25, 0.3) is 0 Å². The second-order valence-electron chi connectivity index (χ2n) is 12.6. The van der Waals surface area contributed by atoms with E-state index in [9.17, 15) is 21.9 Å². The summed E-state index contributed by atoms with van der Waals surface area (Å²) in [5.74, 6) is 0. The summed E-state index contributed by atoms with van der Waals surface area (Å²) in [6.45, 7) is 0. The van der Waals surface area contributed by atoms with E-state index >= 15 is 0 Å². The number of aromatic nitrogens is 2. The molecule has 0 unspecified atom stereocenters. The first-order valence-corrected chi connectivity index (χ1v) is 18.0. The van der Waals surface area contributed by atoms with Crippen molar-refractivity contribution in [3.05, 3.63) is 206 Å². The third-order valence-electron chi connectivity index (χ3n) is 9.43. The fraction of sp³-hybridized carbons (Fsp3) is 0. The molecule has 3 heterocycles. The molecule has 0 bridgehead atoms. The van der Waals surface area contributed by atoms with E-state index < -0.39 is 240 Å². The predicted octanol–water partition coefficient (Wildman–Crippen LogP) is 15.2. The maximum Gasteiger partial charge on any atom is 0.0660 e. The Bertz CT molecular complexity index is 5190. The van der Waals surface area contributed by atoms with E-state index in [0.29, 0.717) is 10.1 Å². The molecule has 0 aliphatic carbocycles. The number of thiophene rings is 1. The summed E-state index contributed by atoms with van der Waals surface area (Å²) in [5, 5.41) is -2.63. The van der Waals surface area contributed by atoms with Crippen molar-refractivity contribution in [2.24, 2.45) is 0 Å². The number of benzene rings is 9. The Morgan fingerprint density at radius 1 is 0.316 bits per heavy atom. The van der Waals surface area contributed by atoms with Gasteiger partial charge >= 0.3 is 0 Å². The van der Waals surface area contributed by atoms with Gasteiger partial charge in [-0.3, -0.25) is 0 Å². The Morgan fingerprint density at radius 3 is 1.51 bits per heavy atom. The van der Waals surface area contributed by atoms with Crippen LogP contribution in [-0.4, -0.2) is 9.13 Å². The number of fused-ring (bicyclic) bond motifs is 9. The highest BCUT2D eigenvalue weighted by Crippen LogP contribution is 2.41. The van der Waals surface area contributed by atoms with Gasteiger partial charge in [0.1, 0.15) is 0 Å². The molecule has 0 saturated carbocycles. The zero-order valence-electron chi connectivity index (χ0n) is 57.7. The zero-order chi connectivity index (χ0) is 62.7. The summed E-state index contributed by atoms with van der Waals surface area (Å²) in [5.41, 5.74) is -6.72. The van der Waals surface area contributed by atoms with Gasteiger partial charge in [-0.15, -0.1) is 11.3 Å². The normalized spacial score (nSPS) is 19.0. The molecule has 0 N–H and O–H groups in total. The Labute approximate surface area is 374 Å².